The minimum Gasteiger partial charge on any atom is -0.337 e. The van der Waals surface area contributed by atoms with Crippen LogP contribution in [-0.2, 0) is 16.0 Å². The van der Waals surface area contributed by atoms with Gasteiger partial charge in [-0.1, -0.05) is 44.2 Å². The molecule has 0 unspecified atom stereocenters. The number of nitrogens with one attached hydrogen (secondary N) is 1. The molecule has 1 heterocycles. The van der Waals surface area contributed by atoms with E-state index in [0.29, 0.717) is 19.4 Å². The number of likely N-dealkylation sites (tertiary alicyclic amines) is 1. The number of carbonyl (C=O) groups excluding carboxylic acids is 2. The highest BCUT2D eigenvalue weighted by atomic mass is 19.4. The number of halogens is 3. The third-order valence-corrected chi connectivity index (χ3v) is 5.38. The Morgan fingerprint density at radius 2 is 1.90 bits per heavy atom. The van der Waals surface area contributed by atoms with Crippen molar-refractivity contribution >= 4 is 11.8 Å². The normalized spacial score (nSPS) is 18.2. The summed E-state index contributed by atoms with van der Waals surface area (Å²) in [6.07, 6.45) is -3.30. The van der Waals surface area contributed by atoms with E-state index in [4.69, 9.17) is 0 Å². The van der Waals surface area contributed by atoms with Crippen LogP contribution in [0.25, 0.3) is 0 Å². The molecule has 1 saturated heterocycles. The van der Waals surface area contributed by atoms with Crippen LogP contribution >= 0.6 is 0 Å². The van der Waals surface area contributed by atoms with Crippen LogP contribution in [0.1, 0.15) is 32.3 Å². The van der Waals surface area contributed by atoms with E-state index in [-0.39, 0.29) is 24.9 Å². The molecule has 2 atom stereocenters. The summed E-state index contributed by atoms with van der Waals surface area (Å²) in [4.78, 5) is 27.4. The lowest BCUT2D eigenvalue weighted by molar-refractivity contribution is -0.186. The number of likely N-dealkylation sites (N-methyl/N-ethyl adjacent to an activating group) is 1. The van der Waals surface area contributed by atoms with Gasteiger partial charge in [0, 0.05) is 25.7 Å². The molecule has 0 aliphatic carbocycles. The Morgan fingerprint density at radius 3 is 2.45 bits per heavy atom. The van der Waals surface area contributed by atoms with E-state index in [1.807, 2.05) is 44.2 Å². The summed E-state index contributed by atoms with van der Waals surface area (Å²) in [5.41, 5.74) is 0.863. The Labute approximate surface area is 170 Å². The lowest BCUT2D eigenvalue weighted by Crippen LogP contribution is -2.54. The predicted molar refractivity (Wildman–Crippen MR) is 105 cm³/mol. The van der Waals surface area contributed by atoms with Gasteiger partial charge in [-0.2, -0.15) is 13.2 Å². The van der Waals surface area contributed by atoms with Crippen molar-refractivity contribution in [3.05, 3.63) is 35.9 Å². The largest absolute Gasteiger partial charge is 0.471 e. The molecule has 162 valence electrons. The molecule has 2 amide bonds. The third kappa shape index (κ3) is 6.19. The number of nitrogens with zero attached hydrogens (tertiary/aromatic N) is 2. The molecule has 5 nitrogen and oxygen atoms in total. The first-order valence-electron chi connectivity index (χ1n) is 10.0. The summed E-state index contributed by atoms with van der Waals surface area (Å²) in [5, 5.41) is 2.99. The van der Waals surface area contributed by atoms with Gasteiger partial charge in [-0.25, -0.2) is 0 Å². The van der Waals surface area contributed by atoms with Gasteiger partial charge >= 0.3 is 12.1 Å². The molecule has 29 heavy (non-hydrogen) atoms. The maximum Gasteiger partial charge on any atom is 0.471 e. The topological polar surface area (TPSA) is 52.7 Å². The highest BCUT2D eigenvalue weighted by Gasteiger charge is 2.44. The smallest absolute Gasteiger partial charge is 0.337 e. The Morgan fingerprint density at radius 1 is 1.24 bits per heavy atom. The summed E-state index contributed by atoms with van der Waals surface area (Å²) >= 11 is 0. The van der Waals surface area contributed by atoms with Crippen molar-refractivity contribution in [2.24, 2.45) is 5.92 Å². The average molecular weight is 413 g/mol. The second-order valence-electron chi connectivity index (χ2n) is 7.82. The second kappa shape index (κ2) is 10.1. The molecular weight excluding hydrogens is 383 g/mol. The highest BCUT2D eigenvalue weighted by molar-refractivity contribution is 5.83. The molecule has 0 saturated carbocycles. The summed E-state index contributed by atoms with van der Waals surface area (Å²) in [5.74, 6) is -1.91. The van der Waals surface area contributed by atoms with Crippen molar-refractivity contribution in [1.82, 2.24) is 15.1 Å². The Kier molecular flexibility index (Phi) is 8.07. The minimum absolute atomic E-state index is 0.0411. The number of rotatable bonds is 8. The van der Waals surface area contributed by atoms with Gasteiger partial charge in [-0.3, -0.25) is 9.59 Å². The summed E-state index contributed by atoms with van der Waals surface area (Å²) in [6.45, 7) is 4.19. The zero-order chi connectivity index (χ0) is 21.6. The van der Waals surface area contributed by atoms with Crippen molar-refractivity contribution < 1.29 is 22.8 Å². The van der Waals surface area contributed by atoms with Crippen LogP contribution in [-0.4, -0.2) is 66.6 Å². The van der Waals surface area contributed by atoms with Crippen molar-refractivity contribution in [2.45, 2.75) is 51.4 Å². The number of carbonyl (C=O) groups is 2. The van der Waals surface area contributed by atoms with Gasteiger partial charge in [0.15, 0.2) is 0 Å². The van der Waals surface area contributed by atoms with Gasteiger partial charge in [0.2, 0.25) is 5.91 Å². The molecule has 2 rings (SSSR count). The first-order valence-corrected chi connectivity index (χ1v) is 10.0. The van der Waals surface area contributed by atoms with Crippen LogP contribution in [0.15, 0.2) is 30.3 Å². The first kappa shape index (κ1) is 23.2. The zero-order valence-electron chi connectivity index (χ0n) is 17.2. The lowest BCUT2D eigenvalue weighted by Gasteiger charge is -2.34. The van der Waals surface area contributed by atoms with Crippen LogP contribution in [0.2, 0.25) is 0 Å². The molecule has 0 aromatic heterocycles. The molecule has 1 N–H and O–H groups in total. The molecule has 1 aliphatic heterocycles. The van der Waals surface area contributed by atoms with Gasteiger partial charge in [-0.15, -0.1) is 0 Å². The standard InChI is InChI=1S/C21H30F3N3O2/c1-15(2)18(25-3)19(28)27-12-7-10-17(27)14-26(20(29)21(22,23)24)13-11-16-8-5-4-6-9-16/h4-6,8-9,15,17-18,25H,7,10-14H2,1-3H3/t17-,18-/m0/s1. The quantitative estimate of drug-likeness (QED) is 0.713. The maximum atomic E-state index is 13.2. The van der Waals surface area contributed by atoms with Crippen LogP contribution in [0.5, 0.6) is 0 Å². The van der Waals surface area contributed by atoms with E-state index in [1.165, 1.54) is 0 Å². The third-order valence-electron chi connectivity index (χ3n) is 5.38. The van der Waals surface area contributed by atoms with E-state index in [9.17, 15) is 22.8 Å². The summed E-state index contributed by atoms with van der Waals surface area (Å²) in [6, 6.07) is 8.30. The highest BCUT2D eigenvalue weighted by Crippen LogP contribution is 2.24. The molecule has 1 fully saturated rings. The van der Waals surface area contributed by atoms with Gasteiger partial charge in [0.25, 0.3) is 0 Å². The van der Waals surface area contributed by atoms with Gasteiger partial charge in [0.05, 0.1) is 6.04 Å². The molecule has 1 aromatic carbocycles. The maximum absolute atomic E-state index is 13.2. The van der Waals surface area contributed by atoms with Gasteiger partial charge in [0.1, 0.15) is 0 Å². The average Bonchev–Trinajstić information content (AvgIpc) is 3.13. The van der Waals surface area contributed by atoms with Crippen LogP contribution < -0.4 is 5.32 Å². The SMILES string of the molecule is CN[C@H](C(=O)N1CCC[C@H]1CN(CCc1ccccc1)C(=O)C(F)(F)F)C(C)C. The summed E-state index contributed by atoms with van der Waals surface area (Å²) < 4.78 is 39.5. The number of hydrogen-bond acceptors (Lipinski definition) is 3. The van der Waals surface area contributed by atoms with Crippen molar-refractivity contribution in [3.8, 4) is 0 Å². The molecule has 1 aliphatic rings. The van der Waals surface area contributed by atoms with Crippen molar-refractivity contribution in [1.29, 1.82) is 0 Å². The molecular formula is C21H30F3N3O2. The monoisotopic (exact) mass is 413 g/mol. The first-order chi connectivity index (χ1) is 13.6. The number of alkyl halides is 3. The number of amides is 2. The Balaban J connectivity index is 2.13. The van der Waals surface area contributed by atoms with Crippen molar-refractivity contribution in [2.75, 3.05) is 26.7 Å². The summed E-state index contributed by atoms with van der Waals surface area (Å²) in [7, 11) is 1.70. The van der Waals surface area contributed by atoms with Crippen LogP contribution in [0.4, 0.5) is 13.2 Å². The Hall–Kier alpha value is -2.09. The predicted octanol–water partition coefficient (Wildman–Crippen LogP) is 2.86. The fourth-order valence-electron chi connectivity index (χ4n) is 3.85. The van der Waals surface area contributed by atoms with Crippen molar-refractivity contribution in [3.63, 3.8) is 0 Å². The van der Waals surface area contributed by atoms with E-state index >= 15 is 0 Å². The zero-order valence-corrected chi connectivity index (χ0v) is 17.2. The van der Waals surface area contributed by atoms with E-state index in [0.717, 1.165) is 16.9 Å². The van der Waals surface area contributed by atoms with E-state index in [1.54, 1.807) is 11.9 Å². The van der Waals surface area contributed by atoms with E-state index in [2.05, 4.69) is 5.32 Å². The fourth-order valence-corrected chi connectivity index (χ4v) is 3.85. The van der Waals surface area contributed by atoms with Crippen LogP contribution in [0, 0.1) is 5.92 Å². The van der Waals surface area contributed by atoms with Gasteiger partial charge in [-0.05, 0) is 37.8 Å². The minimum atomic E-state index is -4.93. The van der Waals surface area contributed by atoms with Crippen LogP contribution in [0.3, 0.4) is 0 Å². The fraction of sp³-hybridized carbons (Fsp3) is 0.619. The molecule has 1 aromatic rings. The van der Waals surface area contributed by atoms with Gasteiger partial charge < -0.3 is 15.1 Å². The Bertz CT molecular complexity index is 679. The second-order valence-corrected chi connectivity index (χ2v) is 7.82. The molecule has 0 spiro atoms. The number of benzene rings is 1. The van der Waals surface area contributed by atoms with E-state index < -0.39 is 24.2 Å². The number of hydrogen-bond donors (Lipinski definition) is 1. The molecule has 8 heteroatoms. The molecule has 0 bridgehead atoms. The lowest BCUT2D eigenvalue weighted by atomic mass is 10.0. The molecule has 0 radical (unpaired) electrons.